The zero-order valence-electron chi connectivity index (χ0n) is 12.9. The van der Waals surface area contributed by atoms with Crippen molar-refractivity contribution < 1.29 is 17.9 Å². The molecule has 0 atom stereocenters. The maximum Gasteiger partial charge on any atom is 0.178 e. The molecule has 0 heterocycles. The van der Waals surface area contributed by atoms with E-state index in [1.54, 1.807) is 6.07 Å². The first kappa shape index (κ1) is 15.9. The third-order valence-electron chi connectivity index (χ3n) is 5.28. The van der Waals surface area contributed by atoms with Gasteiger partial charge in [-0.2, -0.15) is 0 Å². The van der Waals surface area contributed by atoms with Crippen LogP contribution in [-0.2, 0) is 15.3 Å². The maximum atomic E-state index is 15.0. The number of aliphatic hydroxyl groups excluding tert-OH is 1. The van der Waals surface area contributed by atoms with Crippen molar-refractivity contribution in [3.63, 3.8) is 0 Å². The predicted molar refractivity (Wildman–Crippen MR) is 83.3 cm³/mol. The zero-order valence-corrected chi connectivity index (χ0v) is 13.8. The van der Waals surface area contributed by atoms with Gasteiger partial charge in [-0.25, -0.2) is 12.8 Å². The Bertz CT molecular complexity index is 671. The van der Waals surface area contributed by atoms with E-state index in [2.05, 4.69) is 0 Å². The summed E-state index contributed by atoms with van der Waals surface area (Å²) in [6.45, 7) is 0.00435. The predicted octanol–water partition coefficient (Wildman–Crippen LogP) is 3.30. The van der Waals surface area contributed by atoms with E-state index in [1.165, 1.54) is 6.07 Å². The summed E-state index contributed by atoms with van der Waals surface area (Å²) in [5.41, 5.74) is 1.06. The van der Waals surface area contributed by atoms with Crippen LogP contribution in [0.3, 0.4) is 0 Å². The van der Waals surface area contributed by atoms with Gasteiger partial charge in [0.1, 0.15) is 10.7 Å². The van der Waals surface area contributed by atoms with E-state index in [0.717, 1.165) is 56.8 Å². The molecule has 0 spiro atoms. The number of hydrogen-bond acceptors (Lipinski definition) is 3. The minimum absolute atomic E-state index is 0.00435. The first-order chi connectivity index (χ1) is 10.4. The van der Waals surface area contributed by atoms with Gasteiger partial charge in [-0.15, -0.1) is 0 Å². The average Bonchev–Trinajstić information content (AvgIpc) is 3.27. The number of halogens is 1. The third kappa shape index (κ3) is 2.69. The Hall–Kier alpha value is -0.940. The molecule has 0 aromatic heterocycles. The molecule has 2 aliphatic rings. The quantitative estimate of drug-likeness (QED) is 0.923. The number of aliphatic hydroxyl groups is 1. The fourth-order valence-electron chi connectivity index (χ4n) is 3.78. The molecule has 1 aromatic rings. The van der Waals surface area contributed by atoms with E-state index >= 15 is 4.39 Å². The van der Waals surface area contributed by atoms with Gasteiger partial charge < -0.3 is 5.11 Å². The normalized spacial score (nSPS) is 21.8. The lowest BCUT2D eigenvalue weighted by Gasteiger charge is -2.28. The molecule has 1 N–H and O–H groups in total. The van der Waals surface area contributed by atoms with Crippen molar-refractivity contribution in [2.45, 2.75) is 61.2 Å². The Labute approximate surface area is 131 Å². The van der Waals surface area contributed by atoms with E-state index in [1.807, 2.05) is 0 Å². The highest BCUT2D eigenvalue weighted by molar-refractivity contribution is 7.90. The fraction of sp³-hybridized carbons (Fsp3) is 0.647. The number of rotatable bonds is 4. The van der Waals surface area contributed by atoms with Crippen LogP contribution >= 0.6 is 0 Å². The Morgan fingerprint density at radius 2 is 1.86 bits per heavy atom. The second-order valence-corrected chi connectivity index (χ2v) is 8.87. The van der Waals surface area contributed by atoms with E-state index in [4.69, 9.17) is 0 Å². The van der Waals surface area contributed by atoms with Crippen LogP contribution in [0.1, 0.15) is 62.0 Å². The Morgan fingerprint density at radius 3 is 2.36 bits per heavy atom. The molecule has 0 unspecified atom stereocenters. The van der Waals surface area contributed by atoms with Gasteiger partial charge in [-0.3, -0.25) is 0 Å². The van der Waals surface area contributed by atoms with Crippen molar-refractivity contribution in [2.24, 2.45) is 0 Å². The Balaban J connectivity index is 2.16. The first-order valence-electron chi connectivity index (χ1n) is 8.03. The summed E-state index contributed by atoms with van der Waals surface area (Å²) in [5.74, 6) is -0.499. The fourth-order valence-corrected chi connectivity index (χ4v) is 4.53. The van der Waals surface area contributed by atoms with Crippen LogP contribution in [-0.4, -0.2) is 26.4 Å². The molecule has 22 heavy (non-hydrogen) atoms. The lowest BCUT2D eigenvalue weighted by atomic mass is 9.78. The van der Waals surface area contributed by atoms with Gasteiger partial charge in [0, 0.05) is 11.7 Å². The van der Waals surface area contributed by atoms with Crippen molar-refractivity contribution in [3.8, 4) is 0 Å². The van der Waals surface area contributed by atoms with E-state index in [-0.39, 0.29) is 22.8 Å². The molecule has 2 saturated carbocycles. The summed E-state index contributed by atoms with van der Waals surface area (Å²) in [6, 6.07) is 3.12. The van der Waals surface area contributed by atoms with Crippen molar-refractivity contribution >= 4 is 9.84 Å². The molecule has 0 amide bonds. The Morgan fingerprint density at radius 1 is 1.23 bits per heavy atom. The van der Waals surface area contributed by atoms with Crippen molar-refractivity contribution in [2.75, 3.05) is 12.9 Å². The standard InChI is InChI=1S/C17H23FO3S/c1-22(20,21)14-8-7-13(17(11-19)9-10-17)15(16(14)18)12-5-3-2-4-6-12/h7-8,12,19H,2-6,9-11H2,1H3. The summed E-state index contributed by atoms with van der Waals surface area (Å²) in [6.07, 6.45) is 7.82. The van der Waals surface area contributed by atoms with Crippen LogP contribution in [0.25, 0.3) is 0 Å². The number of hydrogen-bond donors (Lipinski definition) is 1. The molecule has 0 aliphatic heterocycles. The highest BCUT2D eigenvalue weighted by atomic mass is 32.2. The van der Waals surface area contributed by atoms with Crippen molar-refractivity contribution in [1.29, 1.82) is 0 Å². The van der Waals surface area contributed by atoms with Gasteiger partial charge in [-0.1, -0.05) is 25.3 Å². The molecule has 0 saturated heterocycles. The van der Waals surface area contributed by atoms with Gasteiger partial charge in [0.25, 0.3) is 0 Å². The molecule has 1 aromatic carbocycles. The molecule has 2 aliphatic carbocycles. The SMILES string of the molecule is CS(=O)(=O)c1ccc(C2(CO)CC2)c(C2CCCCC2)c1F. The third-order valence-corrected chi connectivity index (χ3v) is 6.40. The van der Waals surface area contributed by atoms with E-state index in [0.29, 0.717) is 5.56 Å². The molecule has 0 radical (unpaired) electrons. The van der Waals surface area contributed by atoms with E-state index in [9.17, 15) is 13.5 Å². The summed E-state index contributed by atoms with van der Waals surface area (Å²) in [4.78, 5) is -0.203. The molecular weight excluding hydrogens is 303 g/mol. The molecule has 122 valence electrons. The first-order valence-corrected chi connectivity index (χ1v) is 9.92. The van der Waals surface area contributed by atoms with Gasteiger partial charge in [-0.05, 0) is 48.8 Å². The average molecular weight is 326 g/mol. The van der Waals surface area contributed by atoms with Gasteiger partial charge in [0.05, 0.1) is 6.61 Å². The second kappa shape index (κ2) is 5.60. The maximum absolute atomic E-state index is 15.0. The minimum Gasteiger partial charge on any atom is -0.395 e. The largest absolute Gasteiger partial charge is 0.395 e. The number of benzene rings is 1. The monoisotopic (exact) mass is 326 g/mol. The van der Waals surface area contributed by atoms with Crippen LogP contribution in [0.5, 0.6) is 0 Å². The summed E-state index contributed by atoms with van der Waals surface area (Å²) < 4.78 is 38.7. The van der Waals surface area contributed by atoms with Crippen LogP contribution in [0.2, 0.25) is 0 Å². The van der Waals surface area contributed by atoms with Gasteiger partial charge >= 0.3 is 0 Å². The summed E-state index contributed by atoms with van der Waals surface area (Å²) in [5, 5.41) is 9.71. The zero-order chi connectivity index (χ0) is 16.0. The highest BCUT2D eigenvalue weighted by Crippen LogP contribution is 2.52. The van der Waals surface area contributed by atoms with Gasteiger partial charge in [0.2, 0.25) is 0 Å². The van der Waals surface area contributed by atoms with Crippen LogP contribution in [0, 0.1) is 5.82 Å². The molecule has 3 nitrogen and oxygen atoms in total. The molecular formula is C17H23FO3S. The van der Waals surface area contributed by atoms with Gasteiger partial charge in [0.15, 0.2) is 9.84 Å². The van der Waals surface area contributed by atoms with Crippen LogP contribution in [0.15, 0.2) is 17.0 Å². The molecule has 2 fully saturated rings. The van der Waals surface area contributed by atoms with Crippen LogP contribution in [0.4, 0.5) is 4.39 Å². The lowest BCUT2D eigenvalue weighted by molar-refractivity contribution is 0.253. The summed E-state index contributed by atoms with van der Waals surface area (Å²) in [7, 11) is -3.58. The molecule has 3 rings (SSSR count). The minimum atomic E-state index is -3.58. The van der Waals surface area contributed by atoms with Crippen LogP contribution < -0.4 is 0 Å². The lowest BCUT2D eigenvalue weighted by Crippen LogP contribution is -2.20. The van der Waals surface area contributed by atoms with Crippen molar-refractivity contribution in [3.05, 3.63) is 29.1 Å². The topological polar surface area (TPSA) is 54.4 Å². The summed E-state index contributed by atoms with van der Waals surface area (Å²) >= 11 is 0. The smallest absolute Gasteiger partial charge is 0.178 e. The van der Waals surface area contributed by atoms with E-state index < -0.39 is 15.7 Å². The second-order valence-electron chi connectivity index (χ2n) is 6.88. The molecule has 5 heteroatoms. The molecule has 0 bridgehead atoms. The number of sulfone groups is 1. The highest BCUT2D eigenvalue weighted by Gasteiger charge is 2.46. The Kier molecular flexibility index (Phi) is 4.06. The van der Waals surface area contributed by atoms with Crippen molar-refractivity contribution in [1.82, 2.24) is 0 Å².